The van der Waals surface area contributed by atoms with Crippen LogP contribution in [-0.4, -0.2) is 91.3 Å². The summed E-state index contributed by atoms with van der Waals surface area (Å²) in [4.78, 5) is 52.2. The summed E-state index contributed by atoms with van der Waals surface area (Å²) in [6, 6.07) is 9.78. The lowest BCUT2D eigenvalue weighted by Crippen LogP contribution is -2.55. The molecular weight excluding hydrogens is 654 g/mol. The van der Waals surface area contributed by atoms with Crippen molar-refractivity contribution in [2.45, 2.75) is 68.9 Å². The maximum absolute atomic E-state index is 13.8. The molecule has 1 saturated heterocycles. The van der Waals surface area contributed by atoms with Crippen LogP contribution in [0.15, 0.2) is 48.5 Å². The van der Waals surface area contributed by atoms with Crippen molar-refractivity contribution in [1.29, 1.82) is 0 Å². The molecule has 262 valence electrons. The van der Waals surface area contributed by atoms with E-state index in [0.29, 0.717) is 5.56 Å². The average Bonchev–Trinajstić information content (AvgIpc) is 3.06. The molecule has 1 aliphatic heterocycles. The maximum Gasteiger partial charge on any atom is 0.306 e. The van der Waals surface area contributed by atoms with Gasteiger partial charge in [-0.2, -0.15) is 0 Å². The molecular formula is C36H35NO13. The van der Waals surface area contributed by atoms with Gasteiger partial charge >= 0.3 is 5.97 Å². The summed E-state index contributed by atoms with van der Waals surface area (Å²) in [6.45, 7) is 1.53. The number of nitrogens with one attached hydrogen (secondary N) is 1. The number of methoxy groups -OCH3 is 1. The van der Waals surface area contributed by atoms with Crippen molar-refractivity contribution in [3.8, 4) is 23.0 Å². The highest BCUT2D eigenvalue weighted by Gasteiger charge is 2.48. The molecule has 0 unspecified atom stereocenters. The quantitative estimate of drug-likeness (QED) is 0.104. The lowest BCUT2D eigenvalue weighted by Gasteiger charge is -2.43. The Hall–Kier alpha value is -5.28. The number of carboxylic acids is 1. The van der Waals surface area contributed by atoms with Crippen LogP contribution < -0.4 is 10.1 Å². The fourth-order valence-corrected chi connectivity index (χ4v) is 7.02. The fourth-order valence-electron chi connectivity index (χ4n) is 7.02. The molecule has 0 bridgehead atoms. The number of aliphatic hydroxyl groups excluding tert-OH is 1. The third-order valence-corrected chi connectivity index (χ3v) is 9.34. The second-order valence-electron chi connectivity index (χ2n) is 12.7. The van der Waals surface area contributed by atoms with Gasteiger partial charge in [0, 0.05) is 47.6 Å². The van der Waals surface area contributed by atoms with Gasteiger partial charge in [-0.3, -0.25) is 19.2 Å². The molecule has 3 aromatic rings. The predicted molar refractivity (Wildman–Crippen MR) is 173 cm³/mol. The number of fused-ring (bicyclic) bond motifs is 3. The Kier molecular flexibility index (Phi) is 9.13. The first-order chi connectivity index (χ1) is 23.7. The van der Waals surface area contributed by atoms with Gasteiger partial charge in [0.1, 0.15) is 29.1 Å². The van der Waals surface area contributed by atoms with Gasteiger partial charge in [-0.25, -0.2) is 0 Å². The van der Waals surface area contributed by atoms with Gasteiger partial charge < -0.3 is 50.2 Å². The Labute approximate surface area is 285 Å². The van der Waals surface area contributed by atoms with Crippen molar-refractivity contribution in [1.82, 2.24) is 5.32 Å². The molecule has 14 nitrogen and oxygen atoms in total. The molecule has 1 heterocycles. The van der Waals surface area contributed by atoms with Gasteiger partial charge in [0.25, 0.3) is 0 Å². The number of carbonyl (C=O) groups is 4. The number of phenols is 3. The van der Waals surface area contributed by atoms with Gasteiger partial charge in [0.2, 0.25) is 11.7 Å². The zero-order chi connectivity index (χ0) is 36.1. The third kappa shape index (κ3) is 6.18. The van der Waals surface area contributed by atoms with E-state index < -0.39 is 102 Å². The van der Waals surface area contributed by atoms with E-state index >= 15 is 0 Å². The molecule has 50 heavy (non-hydrogen) atoms. The number of carboxylic acid groups (broad SMARTS) is 1. The van der Waals surface area contributed by atoms with Crippen LogP contribution in [0.4, 0.5) is 0 Å². The van der Waals surface area contributed by atoms with Crippen molar-refractivity contribution >= 4 is 29.5 Å². The number of benzene rings is 3. The van der Waals surface area contributed by atoms with E-state index in [1.54, 1.807) is 18.2 Å². The molecule has 0 spiro atoms. The van der Waals surface area contributed by atoms with Crippen LogP contribution in [0.2, 0.25) is 0 Å². The van der Waals surface area contributed by atoms with Crippen LogP contribution in [0.25, 0.3) is 6.08 Å². The molecule has 0 radical (unpaired) electrons. The number of hydrogen-bond acceptors (Lipinski definition) is 12. The number of carbonyl (C=O) groups excluding carboxylic acids is 3. The Bertz CT molecular complexity index is 1940. The van der Waals surface area contributed by atoms with Crippen molar-refractivity contribution in [3.63, 3.8) is 0 Å². The van der Waals surface area contributed by atoms with E-state index in [1.165, 1.54) is 50.5 Å². The lowest BCUT2D eigenvalue weighted by atomic mass is 9.72. The van der Waals surface area contributed by atoms with E-state index in [1.807, 2.05) is 0 Å². The van der Waals surface area contributed by atoms with E-state index in [4.69, 9.17) is 14.2 Å². The maximum atomic E-state index is 13.8. The standard InChI is InChI=1S/C36H35NO13/c1-16-31(42)20(37-24(39)11-10-17-6-3-4-8-21(17)38)12-26(49-16)50-23-14-36(47,15-25(40)41)13-19-28(23)35(46)29-30(33(19)44)34(45)27-18(32(29)43)7-5-9-22(27)48-2/h3-11,16,20,23,26,31,38,42,44,46-47H,12-15H2,1-2H3,(H,37,39)(H,40,41)/b11-10+/t16-,20-,23+,26-,31+,36+/m1/s1. The minimum absolute atomic E-state index is 0.0362. The van der Waals surface area contributed by atoms with Gasteiger partial charge in [-0.15, -0.1) is 0 Å². The van der Waals surface area contributed by atoms with Crippen molar-refractivity contribution in [2.24, 2.45) is 0 Å². The number of rotatable bonds is 8. The van der Waals surface area contributed by atoms with Crippen LogP contribution in [-0.2, 0) is 25.5 Å². The van der Waals surface area contributed by atoms with E-state index in [-0.39, 0.29) is 40.2 Å². The summed E-state index contributed by atoms with van der Waals surface area (Å²) in [5.74, 6) is -4.95. The lowest BCUT2D eigenvalue weighted by molar-refractivity contribution is -0.250. The summed E-state index contributed by atoms with van der Waals surface area (Å²) < 4.78 is 17.4. The number of ketones is 2. The van der Waals surface area contributed by atoms with Crippen LogP contribution >= 0.6 is 0 Å². The Morgan fingerprint density at radius 3 is 2.44 bits per heavy atom. The number of ether oxygens (including phenoxy) is 3. The van der Waals surface area contributed by atoms with E-state index in [9.17, 15) is 49.8 Å². The molecule has 0 aromatic heterocycles. The molecule has 7 N–H and O–H groups in total. The van der Waals surface area contributed by atoms with Crippen LogP contribution in [0, 0.1) is 0 Å². The number of para-hydroxylation sites is 1. The van der Waals surface area contributed by atoms with Crippen molar-refractivity contribution in [2.75, 3.05) is 7.11 Å². The monoisotopic (exact) mass is 689 g/mol. The largest absolute Gasteiger partial charge is 0.507 e. The summed E-state index contributed by atoms with van der Waals surface area (Å²) in [6.07, 6.45) is -4.01. The first-order valence-electron chi connectivity index (χ1n) is 15.8. The minimum atomic E-state index is -2.04. The number of aliphatic carboxylic acids is 1. The number of hydrogen-bond donors (Lipinski definition) is 7. The Morgan fingerprint density at radius 2 is 1.74 bits per heavy atom. The number of phenolic OH excluding ortho intramolecular Hbond substituents is 3. The Balaban J connectivity index is 1.35. The first kappa shape index (κ1) is 34.6. The summed E-state index contributed by atoms with van der Waals surface area (Å²) in [5, 5.41) is 67.9. The molecule has 3 aromatic carbocycles. The van der Waals surface area contributed by atoms with Gasteiger partial charge in [-0.1, -0.05) is 30.3 Å². The smallest absolute Gasteiger partial charge is 0.306 e. The van der Waals surface area contributed by atoms with Gasteiger partial charge in [0.15, 0.2) is 12.1 Å². The second-order valence-corrected chi connectivity index (χ2v) is 12.7. The van der Waals surface area contributed by atoms with Crippen molar-refractivity contribution < 1.29 is 64.0 Å². The van der Waals surface area contributed by atoms with Crippen LogP contribution in [0.3, 0.4) is 0 Å². The molecule has 0 saturated carbocycles. The molecule has 6 atom stereocenters. The SMILES string of the molecule is COc1cccc2c1C(=O)c1c(O)c3c(c(O)c1C2=O)[C@@H](O[C@@H]1C[C@@H](NC(=O)/C=C/c2ccccc2O)[C@@H](O)[C@@H](C)O1)C[C@](O)(CC(=O)O)C3. The normalized spacial score (nSPS) is 25.8. The highest BCUT2D eigenvalue weighted by Crippen LogP contribution is 2.53. The second kappa shape index (κ2) is 13.2. The van der Waals surface area contributed by atoms with Gasteiger partial charge in [0.05, 0.1) is 54.1 Å². The highest BCUT2D eigenvalue weighted by atomic mass is 16.7. The van der Waals surface area contributed by atoms with E-state index in [0.717, 1.165) is 0 Å². The zero-order valence-corrected chi connectivity index (χ0v) is 27.0. The number of aromatic hydroxyl groups is 3. The zero-order valence-electron chi connectivity index (χ0n) is 27.0. The third-order valence-electron chi connectivity index (χ3n) is 9.34. The number of aliphatic hydroxyl groups is 2. The molecule has 3 aliphatic rings. The van der Waals surface area contributed by atoms with E-state index in [2.05, 4.69) is 5.32 Å². The Morgan fingerprint density at radius 1 is 1.02 bits per heavy atom. The number of amides is 1. The predicted octanol–water partition coefficient (Wildman–Crippen LogP) is 2.49. The summed E-state index contributed by atoms with van der Waals surface area (Å²) >= 11 is 0. The van der Waals surface area contributed by atoms with Crippen LogP contribution in [0.1, 0.15) is 80.8 Å². The summed E-state index contributed by atoms with van der Waals surface area (Å²) in [7, 11) is 1.30. The topological polar surface area (TPSA) is 229 Å². The fraction of sp³-hybridized carbons (Fsp3) is 0.333. The molecule has 1 fully saturated rings. The molecule has 6 rings (SSSR count). The van der Waals surface area contributed by atoms with Crippen molar-refractivity contribution in [3.05, 3.63) is 87.5 Å². The average molecular weight is 690 g/mol. The first-order valence-corrected chi connectivity index (χ1v) is 15.8. The minimum Gasteiger partial charge on any atom is -0.507 e. The molecule has 1 amide bonds. The summed E-state index contributed by atoms with van der Waals surface area (Å²) in [5.41, 5.74) is -3.19. The molecule has 2 aliphatic carbocycles. The highest BCUT2D eigenvalue weighted by molar-refractivity contribution is 6.31. The molecule has 14 heteroatoms. The van der Waals surface area contributed by atoms with Crippen LogP contribution in [0.5, 0.6) is 23.0 Å². The van der Waals surface area contributed by atoms with Gasteiger partial charge in [-0.05, 0) is 25.1 Å².